The average Bonchev–Trinajstić information content (AvgIpc) is 3.97. The predicted octanol–water partition coefficient (Wildman–Crippen LogP) is 18.6. The van der Waals surface area contributed by atoms with Crippen LogP contribution in [-0.2, 0) is 10.8 Å². The molecule has 68 heavy (non-hydrogen) atoms. The zero-order valence-corrected chi connectivity index (χ0v) is 38.4. The Hall–Kier alpha value is -8.20. The summed E-state index contributed by atoms with van der Waals surface area (Å²) in [5.74, 6) is 0. The van der Waals surface area contributed by atoms with Crippen molar-refractivity contribution < 1.29 is 4.42 Å². The summed E-state index contributed by atoms with van der Waals surface area (Å²) < 4.78 is 7.05. The molecule has 2 aliphatic rings. The molecule has 0 spiro atoms. The molecule has 1 heterocycles. The number of para-hydroxylation sites is 2. The molecule has 0 atom stereocenters. The van der Waals surface area contributed by atoms with Crippen LogP contribution in [0.25, 0.3) is 109 Å². The van der Waals surface area contributed by atoms with Crippen molar-refractivity contribution in [2.75, 3.05) is 4.90 Å². The van der Waals surface area contributed by atoms with E-state index in [1.165, 1.54) is 109 Å². The molecule has 2 nitrogen and oxygen atoms in total. The van der Waals surface area contributed by atoms with Crippen LogP contribution < -0.4 is 4.90 Å². The topological polar surface area (TPSA) is 16.4 Å². The maximum atomic E-state index is 7.05. The van der Waals surface area contributed by atoms with E-state index in [1.54, 1.807) is 0 Å². The summed E-state index contributed by atoms with van der Waals surface area (Å²) in [5.41, 5.74) is 15.3. The van der Waals surface area contributed by atoms with E-state index < -0.39 is 0 Å². The summed E-state index contributed by atoms with van der Waals surface area (Å²) in [4.78, 5) is 2.57. The van der Waals surface area contributed by atoms with Crippen LogP contribution in [0.1, 0.15) is 49.9 Å². The quantitative estimate of drug-likeness (QED) is 0.165. The zero-order valence-electron chi connectivity index (χ0n) is 38.4. The van der Waals surface area contributed by atoms with Crippen molar-refractivity contribution in [3.8, 4) is 22.3 Å². The second kappa shape index (κ2) is 13.2. The third kappa shape index (κ3) is 4.72. The summed E-state index contributed by atoms with van der Waals surface area (Å²) in [7, 11) is 0. The van der Waals surface area contributed by atoms with E-state index >= 15 is 0 Å². The van der Waals surface area contributed by atoms with E-state index in [2.05, 4.69) is 233 Å². The van der Waals surface area contributed by atoms with E-state index in [0.717, 1.165) is 39.0 Å². The molecule has 0 amide bonds. The third-order valence-electron chi connectivity index (χ3n) is 16.1. The van der Waals surface area contributed by atoms with Gasteiger partial charge >= 0.3 is 0 Å². The van der Waals surface area contributed by atoms with Crippen LogP contribution in [0.5, 0.6) is 0 Å². The summed E-state index contributed by atoms with van der Waals surface area (Å²) >= 11 is 0. The molecule has 2 aliphatic carbocycles. The van der Waals surface area contributed by atoms with E-state index in [-0.39, 0.29) is 10.8 Å². The Morgan fingerprint density at radius 2 is 0.632 bits per heavy atom. The second-order valence-electron chi connectivity index (χ2n) is 20.2. The highest BCUT2D eigenvalue weighted by molar-refractivity contribution is 6.25. The molecule has 0 saturated heterocycles. The van der Waals surface area contributed by atoms with Gasteiger partial charge in [-0.3, -0.25) is 0 Å². The molecule has 320 valence electrons. The summed E-state index contributed by atoms with van der Waals surface area (Å²) in [6.45, 7) is 9.78. The molecule has 15 rings (SSSR count). The predicted molar refractivity (Wildman–Crippen MR) is 289 cm³/mol. The van der Waals surface area contributed by atoms with Crippen LogP contribution in [0, 0.1) is 0 Å². The molecule has 1 aromatic heterocycles. The lowest BCUT2D eigenvalue weighted by Gasteiger charge is -2.32. The van der Waals surface area contributed by atoms with Crippen LogP contribution in [0.15, 0.2) is 205 Å². The van der Waals surface area contributed by atoms with Gasteiger partial charge in [-0.25, -0.2) is 0 Å². The maximum absolute atomic E-state index is 7.05. The molecular weight excluding hydrogens is 823 g/mol. The first-order valence-electron chi connectivity index (χ1n) is 24.0. The van der Waals surface area contributed by atoms with Gasteiger partial charge in [0.25, 0.3) is 0 Å². The molecule has 0 saturated carbocycles. The van der Waals surface area contributed by atoms with Gasteiger partial charge in [0.05, 0.1) is 17.1 Å². The standard InChI is InChI=1S/C66H45NO/c1-65(2)52-36-55(42-24-9-13-29-47(42)58(52)60-45-27-11-5-20-38(45)40-22-7-15-31-49(40)62(60)65)67(54-34-19-33-51-44-26-17-18-35-57(44)68-64(51)54)56-37-53-59(48-30-14-10-25-43(48)56)61-46-28-12-6-21-39(46)41-23-8-16-32-50(41)63(61)66(53,3)4/h5-37H,1-4H3. The van der Waals surface area contributed by atoms with Crippen molar-refractivity contribution in [2.24, 2.45) is 0 Å². The second-order valence-corrected chi connectivity index (χ2v) is 20.2. The normalized spacial score (nSPS) is 14.4. The van der Waals surface area contributed by atoms with Crippen molar-refractivity contribution >= 4 is 104 Å². The minimum Gasteiger partial charge on any atom is -0.454 e. The largest absolute Gasteiger partial charge is 0.454 e. The van der Waals surface area contributed by atoms with E-state index in [9.17, 15) is 0 Å². The van der Waals surface area contributed by atoms with Gasteiger partial charge in [0.1, 0.15) is 5.58 Å². The molecule has 0 unspecified atom stereocenters. The SMILES string of the molecule is CC1(C)c2cc(N(c3cc4c(c5ccccc35)-c3c(c5ccccc5c5ccccc35)C4(C)C)c3cccc4c3oc3ccccc34)c3ccccc3c2-c2c1c1ccccc1c1ccccc21. The average molecular weight is 868 g/mol. The lowest BCUT2D eigenvalue weighted by molar-refractivity contribution is 0.666. The number of hydrogen-bond acceptors (Lipinski definition) is 2. The fourth-order valence-corrected chi connectivity index (χ4v) is 13.3. The lowest BCUT2D eigenvalue weighted by Crippen LogP contribution is -2.19. The third-order valence-corrected chi connectivity index (χ3v) is 16.1. The molecule has 13 aromatic rings. The van der Waals surface area contributed by atoms with Gasteiger partial charge in [0.2, 0.25) is 0 Å². The van der Waals surface area contributed by atoms with Crippen molar-refractivity contribution in [1.82, 2.24) is 0 Å². The minimum absolute atomic E-state index is 0.324. The molecule has 0 bridgehead atoms. The van der Waals surface area contributed by atoms with Crippen LogP contribution >= 0.6 is 0 Å². The van der Waals surface area contributed by atoms with E-state index in [1.807, 2.05) is 0 Å². The van der Waals surface area contributed by atoms with Crippen molar-refractivity contribution in [2.45, 2.75) is 38.5 Å². The number of rotatable bonds is 3. The summed E-state index contributed by atoms with van der Waals surface area (Å²) in [6.07, 6.45) is 0. The number of benzene rings is 12. The van der Waals surface area contributed by atoms with E-state index in [4.69, 9.17) is 4.42 Å². The van der Waals surface area contributed by atoms with Gasteiger partial charge in [0, 0.05) is 32.4 Å². The number of fused-ring (bicyclic) bond motifs is 23. The maximum Gasteiger partial charge on any atom is 0.159 e. The fourth-order valence-electron chi connectivity index (χ4n) is 13.3. The smallest absolute Gasteiger partial charge is 0.159 e. The van der Waals surface area contributed by atoms with Crippen LogP contribution in [-0.4, -0.2) is 0 Å². The first-order chi connectivity index (χ1) is 33.3. The van der Waals surface area contributed by atoms with Gasteiger partial charge in [-0.15, -0.1) is 0 Å². The molecule has 2 heteroatoms. The molecule has 12 aromatic carbocycles. The fraction of sp³-hybridized carbons (Fsp3) is 0.0909. The lowest BCUT2D eigenvalue weighted by atomic mass is 9.78. The Balaban J connectivity index is 1.10. The Labute approximate surface area is 394 Å². The van der Waals surface area contributed by atoms with Crippen LogP contribution in [0.3, 0.4) is 0 Å². The van der Waals surface area contributed by atoms with E-state index in [0.29, 0.717) is 0 Å². The number of nitrogens with zero attached hydrogens (tertiary/aromatic N) is 1. The summed E-state index contributed by atoms with van der Waals surface area (Å²) in [6, 6.07) is 74.7. The molecular formula is C66H45NO. The number of furan rings is 1. The highest BCUT2D eigenvalue weighted by Crippen LogP contribution is 2.62. The van der Waals surface area contributed by atoms with Gasteiger partial charge < -0.3 is 9.32 Å². The van der Waals surface area contributed by atoms with Gasteiger partial charge in [-0.2, -0.15) is 0 Å². The minimum atomic E-state index is -0.324. The molecule has 0 fully saturated rings. The first kappa shape index (κ1) is 38.0. The Morgan fingerprint density at radius 1 is 0.294 bits per heavy atom. The van der Waals surface area contributed by atoms with Crippen molar-refractivity contribution in [3.63, 3.8) is 0 Å². The molecule has 0 radical (unpaired) electrons. The molecule has 0 N–H and O–H groups in total. The Kier molecular flexibility index (Phi) is 7.39. The zero-order chi connectivity index (χ0) is 45.2. The molecule has 0 aliphatic heterocycles. The van der Waals surface area contributed by atoms with Gasteiger partial charge in [-0.1, -0.05) is 204 Å². The van der Waals surface area contributed by atoms with Crippen molar-refractivity contribution in [1.29, 1.82) is 0 Å². The monoisotopic (exact) mass is 867 g/mol. The van der Waals surface area contributed by atoms with Crippen molar-refractivity contribution in [3.05, 3.63) is 222 Å². The van der Waals surface area contributed by atoms with Crippen LogP contribution in [0.2, 0.25) is 0 Å². The van der Waals surface area contributed by atoms with Gasteiger partial charge in [-0.05, 0) is 123 Å². The highest BCUT2D eigenvalue weighted by Gasteiger charge is 2.43. The first-order valence-corrected chi connectivity index (χ1v) is 24.0. The van der Waals surface area contributed by atoms with Gasteiger partial charge in [0.15, 0.2) is 5.58 Å². The highest BCUT2D eigenvalue weighted by atomic mass is 16.3. The van der Waals surface area contributed by atoms with Crippen LogP contribution in [0.4, 0.5) is 17.1 Å². The number of anilines is 3. The summed E-state index contributed by atoms with van der Waals surface area (Å²) in [5, 5.41) is 17.6. The number of hydrogen-bond donors (Lipinski definition) is 0. The Morgan fingerprint density at radius 3 is 1.09 bits per heavy atom. The Bertz CT molecular complexity index is 4170.